The molecule has 0 aliphatic rings. The Morgan fingerprint density at radius 1 is 0.900 bits per heavy atom. The standard InChI is InChI=1S/C22H27N3O4S/c1-14(2)13-29-22(28)25-19-7-5-6-18(12-19)24-21(27)15(3)30-20-10-8-17(9-11-20)23-16(4)26/h5-12,14-15H,13H2,1-4H3,(H,23,26)(H,24,27)(H,25,28). The number of ether oxygens (including phenoxy) is 1. The van der Waals surface area contributed by atoms with Crippen LogP contribution in [0.1, 0.15) is 27.7 Å². The van der Waals surface area contributed by atoms with Crippen LogP contribution in [0.15, 0.2) is 53.4 Å². The van der Waals surface area contributed by atoms with Crippen molar-refractivity contribution in [3.05, 3.63) is 48.5 Å². The molecule has 1 unspecified atom stereocenters. The van der Waals surface area contributed by atoms with Gasteiger partial charge in [-0.15, -0.1) is 11.8 Å². The van der Waals surface area contributed by atoms with Gasteiger partial charge in [-0.3, -0.25) is 14.9 Å². The second-order valence-electron chi connectivity index (χ2n) is 7.15. The normalized spacial score (nSPS) is 11.5. The monoisotopic (exact) mass is 429 g/mol. The second kappa shape index (κ2) is 11.3. The Balaban J connectivity index is 1.90. The van der Waals surface area contributed by atoms with Crippen LogP contribution >= 0.6 is 11.8 Å². The van der Waals surface area contributed by atoms with E-state index in [0.717, 1.165) is 4.90 Å². The molecule has 7 nitrogen and oxygen atoms in total. The van der Waals surface area contributed by atoms with Crippen LogP contribution in [0.25, 0.3) is 0 Å². The molecule has 3 N–H and O–H groups in total. The highest BCUT2D eigenvalue weighted by atomic mass is 32.2. The van der Waals surface area contributed by atoms with E-state index < -0.39 is 6.09 Å². The lowest BCUT2D eigenvalue weighted by molar-refractivity contribution is -0.115. The molecule has 0 fully saturated rings. The Bertz CT molecular complexity index is 884. The van der Waals surface area contributed by atoms with Gasteiger partial charge in [-0.05, 0) is 55.3 Å². The highest BCUT2D eigenvalue weighted by Gasteiger charge is 2.15. The topological polar surface area (TPSA) is 96.5 Å². The predicted octanol–water partition coefficient (Wildman–Crippen LogP) is 4.97. The van der Waals surface area contributed by atoms with Gasteiger partial charge in [0.1, 0.15) is 0 Å². The van der Waals surface area contributed by atoms with Gasteiger partial charge in [0.15, 0.2) is 0 Å². The van der Waals surface area contributed by atoms with E-state index in [1.165, 1.54) is 18.7 Å². The van der Waals surface area contributed by atoms with Crippen LogP contribution in [0.3, 0.4) is 0 Å². The fraction of sp³-hybridized carbons (Fsp3) is 0.318. The third-order valence-electron chi connectivity index (χ3n) is 3.78. The number of hydrogen-bond donors (Lipinski definition) is 3. The van der Waals surface area contributed by atoms with E-state index in [9.17, 15) is 14.4 Å². The Morgan fingerprint density at radius 2 is 1.53 bits per heavy atom. The van der Waals surface area contributed by atoms with Gasteiger partial charge in [-0.2, -0.15) is 0 Å². The summed E-state index contributed by atoms with van der Waals surface area (Å²) in [4.78, 5) is 36.3. The van der Waals surface area contributed by atoms with Crippen LogP contribution in [0.4, 0.5) is 21.9 Å². The summed E-state index contributed by atoms with van der Waals surface area (Å²) in [6.07, 6.45) is -0.529. The molecule has 0 radical (unpaired) electrons. The first-order valence-corrected chi connectivity index (χ1v) is 10.5. The van der Waals surface area contributed by atoms with E-state index in [1.54, 1.807) is 36.4 Å². The Kier molecular flexibility index (Phi) is 8.73. The van der Waals surface area contributed by atoms with Crippen molar-refractivity contribution < 1.29 is 19.1 Å². The number of carbonyl (C=O) groups is 3. The summed E-state index contributed by atoms with van der Waals surface area (Å²) in [6, 6.07) is 14.2. The molecule has 0 aromatic heterocycles. The van der Waals surface area contributed by atoms with E-state index in [0.29, 0.717) is 23.7 Å². The Morgan fingerprint density at radius 3 is 2.13 bits per heavy atom. The number of anilines is 3. The molecule has 1 atom stereocenters. The molecule has 0 bridgehead atoms. The number of carbonyl (C=O) groups excluding carboxylic acids is 3. The molecule has 30 heavy (non-hydrogen) atoms. The lowest BCUT2D eigenvalue weighted by atomic mass is 10.2. The second-order valence-corrected chi connectivity index (χ2v) is 8.57. The van der Waals surface area contributed by atoms with Gasteiger partial charge in [-0.1, -0.05) is 19.9 Å². The number of amides is 3. The SMILES string of the molecule is CC(=O)Nc1ccc(SC(C)C(=O)Nc2cccc(NC(=O)OCC(C)C)c2)cc1. The summed E-state index contributed by atoms with van der Waals surface area (Å²) in [7, 11) is 0. The molecular weight excluding hydrogens is 402 g/mol. The maximum Gasteiger partial charge on any atom is 0.411 e. The highest BCUT2D eigenvalue weighted by molar-refractivity contribution is 8.00. The lowest BCUT2D eigenvalue weighted by Crippen LogP contribution is -2.22. The third-order valence-corrected chi connectivity index (χ3v) is 4.89. The molecule has 0 saturated heterocycles. The largest absolute Gasteiger partial charge is 0.449 e. The van der Waals surface area contributed by atoms with E-state index in [2.05, 4.69) is 16.0 Å². The number of hydrogen-bond acceptors (Lipinski definition) is 5. The molecule has 2 rings (SSSR count). The molecule has 0 aliphatic heterocycles. The van der Waals surface area contributed by atoms with Crippen LogP contribution in [0.5, 0.6) is 0 Å². The maximum absolute atomic E-state index is 12.5. The van der Waals surface area contributed by atoms with Gasteiger partial charge in [0.2, 0.25) is 11.8 Å². The fourth-order valence-electron chi connectivity index (χ4n) is 2.39. The summed E-state index contributed by atoms with van der Waals surface area (Å²) < 4.78 is 5.10. The van der Waals surface area contributed by atoms with Crippen LogP contribution in [-0.4, -0.2) is 29.8 Å². The van der Waals surface area contributed by atoms with Crippen molar-refractivity contribution in [2.45, 2.75) is 37.8 Å². The number of benzene rings is 2. The average Bonchev–Trinajstić information content (AvgIpc) is 2.67. The van der Waals surface area contributed by atoms with Gasteiger partial charge < -0.3 is 15.4 Å². The van der Waals surface area contributed by atoms with Crippen molar-refractivity contribution in [2.75, 3.05) is 22.6 Å². The van der Waals surface area contributed by atoms with Crippen LogP contribution < -0.4 is 16.0 Å². The van der Waals surface area contributed by atoms with Crippen molar-refractivity contribution in [3.63, 3.8) is 0 Å². The minimum atomic E-state index is -0.529. The van der Waals surface area contributed by atoms with E-state index in [4.69, 9.17) is 4.74 Å². The predicted molar refractivity (Wildman–Crippen MR) is 121 cm³/mol. The van der Waals surface area contributed by atoms with E-state index in [1.807, 2.05) is 32.9 Å². The molecule has 0 aliphatic carbocycles. The van der Waals surface area contributed by atoms with Gasteiger partial charge in [0, 0.05) is 28.9 Å². The zero-order chi connectivity index (χ0) is 22.1. The van der Waals surface area contributed by atoms with Gasteiger partial charge in [-0.25, -0.2) is 4.79 Å². The molecule has 0 saturated carbocycles. The van der Waals surface area contributed by atoms with Gasteiger partial charge in [0.05, 0.1) is 11.9 Å². The maximum atomic E-state index is 12.5. The minimum Gasteiger partial charge on any atom is -0.449 e. The smallest absolute Gasteiger partial charge is 0.411 e. The molecule has 0 spiro atoms. The molecule has 2 aromatic rings. The third kappa shape index (κ3) is 8.16. The molecule has 2 aromatic carbocycles. The van der Waals surface area contributed by atoms with Crippen molar-refractivity contribution in [1.29, 1.82) is 0 Å². The van der Waals surface area contributed by atoms with Gasteiger partial charge >= 0.3 is 6.09 Å². The summed E-state index contributed by atoms with van der Waals surface area (Å²) >= 11 is 1.41. The Labute approximate surface area is 181 Å². The first-order chi connectivity index (χ1) is 14.2. The molecule has 8 heteroatoms. The average molecular weight is 430 g/mol. The summed E-state index contributed by atoms with van der Waals surface area (Å²) in [5.41, 5.74) is 1.82. The highest BCUT2D eigenvalue weighted by Crippen LogP contribution is 2.26. The minimum absolute atomic E-state index is 0.131. The van der Waals surface area contributed by atoms with Crippen molar-refractivity contribution in [2.24, 2.45) is 5.92 Å². The summed E-state index contributed by atoms with van der Waals surface area (Å²) in [5, 5.41) is 7.87. The van der Waals surface area contributed by atoms with Crippen molar-refractivity contribution in [3.8, 4) is 0 Å². The summed E-state index contributed by atoms with van der Waals surface area (Å²) in [5.74, 6) is -0.0412. The van der Waals surface area contributed by atoms with Crippen molar-refractivity contribution in [1.82, 2.24) is 0 Å². The zero-order valence-corrected chi connectivity index (χ0v) is 18.3. The number of rotatable bonds is 8. The number of nitrogens with one attached hydrogen (secondary N) is 3. The molecular formula is C22H27N3O4S. The molecule has 160 valence electrons. The van der Waals surface area contributed by atoms with Crippen molar-refractivity contribution >= 4 is 46.7 Å². The van der Waals surface area contributed by atoms with Crippen LogP contribution in [0.2, 0.25) is 0 Å². The molecule has 0 heterocycles. The summed E-state index contributed by atoms with van der Waals surface area (Å²) in [6.45, 7) is 7.52. The van der Waals surface area contributed by atoms with Crippen LogP contribution in [0, 0.1) is 5.92 Å². The van der Waals surface area contributed by atoms with E-state index >= 15 is 0 Å². The zero-order valence-electron chi connectivity index (χ0n) is 17.5. The van der Waals surface area contributed by atoms with E-state index in [-0.39, 0.29) is 23.0 Å². The fourth-order valence-corrected chi connectivity index (χ4v) is 3.26. The molecule has 3 amide bonds. The Hall–Kier alpha value is -3.00. The lowest BCUT2D eigenvalue weighted by Gasteiger charge is -2.14. The van der Waals surface area contributed by atoms with Gasteiger partial charge in [0.25, 0.3) is 0 Å². The first-order valence-electron chi connectivity index (χ1n) is 9.62. The first kappa shape index (κ1) is 23.3. The quantitative estimate of drug-likeness (QED) is 0.515. The number of thioether (sulfide) groups is 1. The van der Waals surface area contributed by atoms with Crippen LogP contribution in [-0.2, 0) is 14.3 Å².